The number of amides is 2. The van der Waals surface area contributed by atoms with Crippen LogP contribution in [0, 0.1) is 5.82 Å². The lowest BCUT2D eigenvalue weighted by Gasteiger charge is -2.02. The lowest BCUT2D eigenvalue weighted by Crippen LogP contribution is -2.28. The monoisotopic (exact) mass is 340 g/mol. The Morgan fingerprint density at radius 1 is 1.16 bits per heavy atom. The predicted molar refractivity (Wildman–Crippen MR) is 88.2 cm³/mol. The third kappa shape index (κ3) is 3.69. The molecule has 7 nitrogen and oxygen atoms in total. The molecule has 1 aromatic heterocycles. The van der Waals surface area contributed by atoms with Crippen LogP contribution in [-0.4, -0.2) is 28.4 Å². The molecule has 25 heavy (non-hydrogen) atoms. The summed E-state index contributed by atoms with van der Waals surface area (Å²) >= 11 is 0. The molecule has 3 rings (SSSR count). The summed E-state index contributed by atoms with van der Waals surface area (Å²) in [6, 6.07) is 12.1. The van der Waals surface area contributed by atoms with Gasteiger partial charge < -0.3 is 15.4 Å². The van der Waals surface area contributed by atoms with Crippen molar-refractivity contribution in [3.8, 4) is 5.88 Å². The van der Waals surface area contributed by atoms with Crippen molar-refractivity contribution in [2.45, 2.75) is 0 Å². The molecular weight excluding hydrogens is 327 g/mol. The molecule has 0 bridgehead atoms. The molecule has 2 amide bonds. The number of H-pyrrole nitrogens is 1. The van der Waals surface area contributed by atoms with Crippen molar-refractivity contribution in [2.75, 3.05) is 6.54 Å². The van der Waals surface area contributed by atoms with Crippen molar-refractivity contribution in [2.24, 2.45) is 10.2 Å². The van der Waals surface area contributed by atoms with Gasteiger partial charge in [0.2, 0.25) is 5.88 Å². The third-order valence-electron chi connectivity index (χ3n) is 3.41. The van der Waals surface area contributed by atoms with E-state index in [0.717, 1.165) is 6.07 Å². The lowest BCUT2D eigenvalue weighted by molar-refractivity contribution is -0.117. The second-order valence-corrected chi connectivity index (χ2v) is 5.15. The van der Waals surface area contributed by atoms with E-state index in [-0.39, 0.29) is 17.1 Å². The Labute approximate surface area is 141 Å². The quantitative estimate of drug-likeness (QED) is 0.635. The Balaban J connectivity index is 1.65. The first kappa shape index (κ1) is 16.3. The van der Waals surface area contributed by atoms with Gasteiger partial charge in [0, 0.05) is 10.9 Å². The molecule has 0 unspecified atom stereocenters. The minimum absolute atomic E-state index is 0.0963. The highest BCUT2D eigenvalue weighted by atomic mass is 19.1. The van der Waals surface area contributed by atoms with E-state index in [0.29, 0.717) is 10.9 Å². The van der Waals surface area contributed by atoms with Crippen molar-refractivity contribution in [3.05, 3.63) is 59.9 Å². The van der Waals surface area contributed by atoms with Crippen LogP contribution in [0.4, 0.5) is 10.1 Å². The smallest absolute Gasteiger partial charge is 0.283 e. The number of aromatic nitrogens is 1. The van der Waals surface area contributed by atoms with E-state index in [1.807, 2.05) is 0 Å². The number of aromatic hydroxyl groups is 1. The summed E-state index contributed by atoms with van der Waals surface area (Å²) < 4.78 is 13.1. The molecule has 126 valence electrons. The van der Waals surface area contributed by atoms with Gasteiger partial charge in [-0.05, 0) is 24.3 Å². The molecule has 0 fully saturated rings. The summed E-state index contributed by atoms with van der Waals surface area (Å²) in [4.78, 5) is 26.3. The Kier molecular flexibility index (Phi) is 4.51. The lowest BCUT2D eigenvalue weighted by atomic mass is 10.2. The highest BCUT2D eigenvalue weighted by Crippen LogP contribution is 2.35. The first-order valence-electron chi connectivity index (χ1n) is 7.32. The van der Waals surface area contributed by atoms with Crippen molar-refractivity contribution in [1.82, 2.24) is 10.3 Å². The van der Waals surface area contributed by atoms with Gasteiger partial charge in [0.1, 0.15) is 12.4 Å². The van der Waals surface area contributed by atoms with E-state index < -0.39 is 24.2 Å². The molecule has 2 aromatic carbocycles. The molecule has 0 radical (unpaired) electrons. The second kappa shape index (κ2) is 6.91. The molecule has 3 aromatic rings. The molecule has 0 aliphatic carbocycles. The molecule has 0 saturated carbocycles. The number of carbonyl (C=O) groups is 2. The van der Waals surface area contributed by atoms with Crippen LogP contribution in [0.25, 0.3) is 10.9 Å². The van der Waals surface area contributed by atoms with Gasteiger partial charge in [-0.25, -0.2) is 4.39 Å². The number of nitrogens with one attached hydrogen (secondary N) is 2. The maximum atomic E-state index is 13.1. The molecule has 0 aliphatic heterocycles. The number of fused-ring (bicyclic) bond motifs is 1. The molecule has 1 heterocycles. The number of carbonyl (C=O) groups excluding carboxylic acids is 2. The summed E-state index contributed by atoms with van der Waals surface area (Å²) in [6.07, 6.45) is 0. The summed E-state index contributed by atoms with van der Waals surface area (Å²) in [7, 11) is 0. The zero-order valence-corrected chi connectivity index (χ0v) is 12.9. The van der Waals surface area contributed by atoms with E-state index in [2.05, 4.69) is 20.5 Å². The van der Waals surface area contributed by atoms with Crippen molar-refractivity contribution >= 4 is 28.4 Å². The van der Waals surface area contributed by atoms with E-state index in [9.17, 15) is 19.1 Å². The van der Waals surface area contributed by atoms with Gasteiger partial charge >= 0.3 is 0 Å². The molecule has 0 aliphatic rings. The van der Waals surface area contributed by atoms with Gasteiger partial charge in [-0.1, -0.05) is 24.3 Å². The minimum Gasteiger partial charge on any atom is -0.493 e. The van der Waals surface area contributed by atoms with Crippen LogP contribution >= 0.6 is 0 Å². The van der Waals surface area contributed by atoms with Gasteiger partial charge in [-0.2, -0.15) is 0 Å². The average Bonchev–Trinajstić information content (AvgIpc) is 2.93. The predicted octanol–water partition coefficient (Wildman–Crippen LogP) is 3.05. The molecule has 0 spiro atoms. The molecular formula is C17H13FN4O3. The summed E-state index contributed by atoms with van der Waals surface area (Å²) in [6.45, 7) is -0.401. The van der Waals surface area contributed by atoms with E-state index in [1.54, 1.807) is 24.3 Å². The third-order valence-corrected chi connectivity index (χ3v) is 3.41. The highest BCUT2D eigenvalue weighted by molar-refractivity contribution is 5.97. The summed E-state index contributed by atoms with van der Waals surface area (Å²) in [5, 5.41) is 20.0. The average molecular weight is 340 g/mol. The van der Waals surface area contributed by atoms with Crippen molar-refractivity contribution < 1.29 is 19.1 Å². The zero-order valence-electron chi connectivity index (χ0n) is 12.9. The van der Waals surface area contributed by atoms with Gasteiger partial charge in [-0.15, -0.1) is 10.2 Å². The standard InChI is InChI=1S/C17H13FN4O3/c18-11-5-3-4-10(8-11)16(24)19-9-14(23)21-22-15-12-6-1-2-7-13(12)20-17(15)25/h1-8,20,25H,9H2,(H,19,24). The zero-order chi connectivity index (χ0) is 17.8. The number of nitrogens with zero attached hydrogens (tertiary/aromatic N) is 2. The maximum absolute atomic E-state index is 13.1. The molecule has 8 heteroatoms. The van der Waals surface area contributed by atoms with Gasteiger partial charge in [0.15, 0.2) is 5.69 Å². The van der Waals surface area contributed by atoms with Gasteiger partial charge in [-0.3, -0.25) is 9.59 Å². The number of halogens is 1. The summed E-state index contributed by atoms with van der Waals surface area (Å²) in [5.74, 6) is -2.07. The van der Waals surface area contributed by atoms with Crippen molar-refractivity contribution in [3.63, 3.8) is 0 Å². The minimum atomic E-state index is -0.713. The van der Waals surface area contributed by atoms with E-state index in [4.69, 9.17) is 0 Å². The fourth-order valence-corrected chi connectivity index (χ4v) is 2.24. The maximum Gasteiger partial charge on any atom is 0.283 e. The van der Waals surface area contributed by atoms with E-state index >= 15 is 0 Å². The molecule has 3 N–H and O–H groups in total. The summed E-state index contributed by atoms with van der Waals surface area (Å²) in [5.41, 5.74) is 0.889. The number of hydrogen-bond donors (Lipinski definition) is 3. The first-order valence-corrected chi connectivity index (χ1v) is 7.32. The normalized spacial score (nSPS) is 11.1. The number of para-hydroxylation sites is 1. The van der Waals surface area contributed by atoms with Gasteiger partial charge in [0.25, 0.3) is 11.8 Å². The van der Waals surface area contributed by atoms with Crippen LogP contribution in [0.1, 0.15) is 10.4 Å². The number of azo groups is 1. The van der Waals surface area contributed by atoms with Crippen LogP contribution in [-0.2, 0) is 4.79 Å². The van der Waals surface area contributed by atoms with Crippen LogP contribution in [0.15, 0.2) is 58.8 Å². The van der Waals surface area contributed by atoms with Gasteiger partial charge in [0.05, 0.1) is 5.52 Å². The van der Waals surface area contributed by atoms with Crippen molar-refractivity contribution in [1.29, 1.82) is 0 Å². The fourth-order valence-electron chi connectivity index (χ4n) is 2.24. The topological polar surface area (TPSA) is 107 Å². The number of rotatable bonds is 4. The Hall–Kier alpha value is -3.55. The second-order valence-electron chi connectivity index (χ2n) is 5.15. The van der Waals surface area contributed by atoms with Crippen LogP contribution < -0.4 is 5.32 Å². The van der Waals surface area contributed by atoms with Crippen LogP contribution in [0.3, 0.4) is 0 Å². The Morgan fingerprint density at radius 2 is 1.96 bits per heavy atom. The van der Waals surface area contributed by atoms with Crippen LogP contribution in [0.2, 0.25) is 0 Å². The number of aromatic amines is 1. The molecule has 0 atom stereocenters. The highest BCUT2D eigenvalue weighted by Gasteiger charge is 2.11. The largest absolute Gasteiger partial charge is 0.493 e. The first-order chi connectivity index (χ1) is 12.0. The Morgan fingerprint density at radius 3 is 2.76 bits per heavy atom. The van der Waals surface area contributed by atoms with E-state index in [1.165, 1.54) is 18.2 Å². The Bertz CT molecular complexity index is 981. The fraction of sp³-hybridized carbons (Fsp3) is 0.0588. The SMILES string of the molecule is O=C(CNC(=O)c1cccc(F)c1)N=Nc1c(O)[nH]c2ccccc12. The number of benzene rings is 2. The van der Waals surface area contributed by atoms with Crippen LogP contribution in [0.5, 0.6) is 5.88 Å². The number of hydrogen-bond acceptors (Lipinski definition) is 4. The molecule has 0 saturated heterocycles.